The van der Waals surface area contributed by atoms with Crippen LogP contribution in [0.5, 0.6) is 11.5 Å². The van der Waals surface area contributed by atoms with E-state index in [2.05, 4.69) is 0 Å². The number of carboxylic acid groups (broad SMARTS) is 1. The number of benzene rings is 1. The summed E-state index contributed by atoms with van der Waals surface area (Å²) in [6, 6.07) is 2.57. The normalized spacial score (nSPS) is 12.2. The summed E-state index contributed by atoms with van der Waals surface area (Å²) in [7, 11) is 1.31. The maximum Gasteiger partial charge on any atom is 0.306 e. The number of aliphatic carboxylic acids is 1. The summed E-state index contributed by atoms with van der Waals surface area (Å²) in [5.41, 5.74) is -0.0331. The number of methoxy groups -OCH3 is 1. The topological polar surface area (TPSA) is 66.8 Å². The molecule has 0 aromatic heterocycles. The first-order valence-corrected chi connectivity index (χ1v) is 4.74. The fourth-order valence-electron chi connectivity index (χ4n) is 1.33. The highest BCUT2D eigenvalue weighted by Crippen LogP contribution is 2.29. The van der Waals surface area contributed by atoms with Gasteiger partial charge in [0.15, 0.2) is 11.6 Å². The van der Waals surface area contributed by atoms with Crippen LogP contribution in [0.4, 0.5) is 4.39 Å². The molecule has 1 aromatic carbocycles. The fourth-order valence-corrected chi connectivity index (χ4v) is 1.33. The Hall–Kier alpha value is -1.78. The van der Waals surface area contributed by atoms with Crippen LogP contribution in [0.3, 0.4) is 0 Å². The monoisotopic (exact) mass is 228 g/mol. The lowest BCUT2D eigenvalue weighted by Crippen LogP contribution is -2.13. The number of phenolic OH excluding ortho intramolecular Hbond substituents is 1. The minimum Gasteiger partial charge on any atom is -0.508 e. The van der Waals surface area contributed by atoms with Gasteiger partial charge < -0.3 is 14.9 Å². The number of carboxylic acids is 1. The van der Waals surface area contributed by atoms with Crippen molar-refractivity contribution in [1.82, 2.24) is 0 Å². The molecule has 0 fully saturated rings. The number of hydrogen-bond donors (Lipinski definition) is 2. The molecular formula is C11H13FO4. The van der Waals surface area contributed by atoms with Gasteiger partial charge in [-0.25, -0.2) is 4.39 Å². The molecule has 4 nitrogen and oxygen atoms in total. The van der Waals surface area contributed by atoms with E-state index in [4.69, 9.17) is 9.84 Å². The summed E-state index contributed by atoms with van der Waals surface area (Å²) in [6.07, 6.45) is -0.0792. The molecule has 0 amide bonds. The smallest absolute Gasteiger partial charge is 0.306 e. The Kier molecular flexibility index (Phi) is 3.71. The molecule has 0 bridgehead atoms. The average Bonchev–Trinajstić information content (AvgIpc) is 2.24. The minimum absolute atomic E-state index is 0.00890. The van der Waals surface area contributed by atoms with Crippen LogP contribution in [0.15, 0.2) is 12.1 Å². The second-order valence-corrected chi connectivity index (χ2v) is 3.52. The van der Waals surface area contributed by atoms with E-state index in [9.17, 15) is 14.3 Å². The maximum atomic E-state index is 13.7. The summed E-state index contributed by atoms with van der Waals surface area (Å²) < 4.78 is 18.4. The van der Waals surface area contributed by atoms with Crippen molar-refractivity contribution in [1.29, 1.82) is 0 Å². The Morgan fingerprint density at radius 3 is 2.69 bits per heavy atom. The molecule has 0 saturated heterocycles. The molecule has 0 aliphatic carbocycles. The quantitative estimate of drug-likeness (QED) is 0.824. The lowest BCUT2D eigenvalue weighted by Gasteiger charge is -2.11. The molecule has 88 valence electrons. The highest BCUT2D eigenvalue weighted by Gasteiger charge is 2.19. The van der Waals surface area contributed by atoms with Gasteiger partial charge in [-0.05, 0) is 18.6 Å². The van der Waals surface area contributed by atoms with Crippen molar-refractivity contribution in [2.24, 2.45) is 5.92 Å². The van der Waals surface area contributed by atoms with E-state index in [0.29, 0.717) is 0 Å². The molecule has 16 heavy (non-hydrogen) atoms. The molecule has 1 aromatic rings. The third-order valence-electron chi connectivity index (χ3n) is 2.33. The SMILES string of the molecule is COc1ccc(O)c(CC(C)C(=O)O)c1F. The third-order valence-corrected chi connectivity index (χ3v) is 2.33. The molecule has 1 rings (SSSR count). The molecule has 0 spiro atoms. The molecular weight excluding hydrogens is 215 g/mol. The number of phenols is 1. The molecule has 2 N–H and O–H groups in total. The van der Waals surface area contributed by atoms with Gasteiger partial charge in [0.05, 0.1) is 13.0 Å². The number of carbonyl (C=O) groups is 1. The Morgan fingerprint density at radius 2 is 2.19 bits per heavy atom. The number of aromatic hydroxyl groups is 1. The van der Waals surface area contributed by atoms with E-state index in [1.807, 2.05) is 0 Å². The first kappa shape index (κ1) is 12.3. The summed E-state index contributed by atoms with van der Waals surface area (Å²) in [5.74, 6) is -2.79. The highest BCUT2D eigenvalue weighted by molar-refractivity contribution is 5.70. The van der Waals surface area contributed by atoms with Crippen LogP contribution < -0.4 is 4.74 Å². The lowest BCUT2D eigenvalue weighted by molar-refractivity contribution is -0.141. The Balaban J connectivity index is 3.07. The van der Waals surface area contributed by atoms with Gasteiger partial charge in [-0.3, -0.25) is 4.79 Å². The fraction of sp³-hybridized carbons (Fsp3) is 0.364. The lowest BCUT2D eigenvalue weighted by atomic mass is 9.99. The zero-order valence-corrected chi connectivity index (χ0v) is 9.03. The maximum absolute atomic E-state index is 13.7. The second-order valence-electron chi connectivity index (χ2n) is 3.52. The van der Waals surface area contributed by atoms with Gasteiger partial charge >= 0.3 is 5.97 Å². The molecule has 0 aliphatic rings. The molecule has 1 atom stereocenters. The van der Waals surface area contributed by atoms with Crippen LogP contribution in [0, 0.1) is 11.7 Å². The molecule has 1 unspecified atom stereocenters. The van der Waals surface area contributed by atoms with E-state index in [-0.39, 0.29) is 23.5 Å². The summed E-state index contributed by atoms with van der Waals surface area (Å²) in [5, 5.41) is 18.2. The highest BCUT2D eigenvalue weighted by atomic mass is 19.1. The first-order valence-electron chi connectivity index (χ1n) is 4.74. The van der Waals surface area contributed by atoms with Gasteiger partial charge in [0.1, 0.15) is 5.75 Å². The van der Waals surface area contributed by atoms with E-state index < -0.39 is 17.7 Å². The molecule has 0 aliphatic heterocycles. The van der Waals surface area contributed by atoms with Gasteiger partial charge in [-0.1, -0.05) is 6.92 Å². The predicted molar refractivity (Wildman–Crippen MR) is 55.1 cm³/mol. The van der Waals surface area contributed by atoms with Crippen molar-refractivity contribution < 1.29 is 24.1 Å². The van der Waals surface area contributed by atoms with Crippen LogP contribution in [0.25, 0.3) is 0 Å². The summed E-state index contributed by atoms with van der Waals surface area (Å²) in [4.78, 5) is 10.6. The van der Waals surface area contributed by atoms with E-state index in [1.54, 1.807) is 0 Å². The molecule has 0 saturated carbocycles. The van der Waals surface area contributed by atoms with E-state index >= 15 is 0 Å². The number of ether oxygens (including phenoxy) is 1. The average molecular weight is 228 g/mol. The van der Waals surface area contributed by atoms with Crippen molar-refractivity contribution in [2.45, 2.75) is 13.3 Å². The van der Waals surface area contributed by atoms with Crippen LogP contribution in [-0.2, 0) is 11.2 Å². The van der Waals surface area contributed by atoms with Crippen molar-refractivity contribution >= 4 is 5.97 Å². The number of halogens is 1. The number of hydrogen-bond acceptors (Lipinski definition) is 3. The van der Waals surface area contributed by atoms with E-state index in [1.165, 1.54) is 26.2 Å². The second kappa shape index (κ2) is 4.83. The van der Waals surface area contributed by atoms with Gasteiger partial charge in [-0.15, -0.1) is 0 Å². The zero-order chi connectivity index (χ0) is 12.3. The Labute approximate surface area is 92.3 Å². The van der Waals surface area contributed by atoms with Crippen molar-refractivity contribution in [3.63, 3.8) is 0 Å². The third kappa shape index (κ3) is 2.42. The summed E-state index contributed by atoms with van der Waals surface area (Å²) in [6.45, 7) is 1.45. The number of rotatable bonds is 4. The van der Waals surface area contributed by atoms with Crippen LogP contribution >= 0.6 is 0 Å². The predicted octanol–water partition coefficient (Wildman–Crippen LogP) is 1.80. The van der Waals surface area contributed by atoms with Crippen LogP contribution in [0.2, 0.25) is 0 Å². The largest absolute Gasteiger partial charge is 0.508 e. The van der Waals surface area contributed by atoms with Crippen molar-refractivity contribution in [3.05, 3.63) is 23.5 Å². The van der Waals surface area contributed by atoms with Gasteiger partial charge in [-0.2, -0.15) is 0 Å². The van der Waals surface area contributed by atoms with Gasteiger partial charge in [0.25, 0.3) is 0 Å². The van der Waals surface area contributed by atoms with Crippen molar-refractivity contribution in [3.8, 4) is 11.5 Å². The Bertz CT molecular complexity index is 403. The molecule has 5 heteroatoms. The van der Waals surface area contributed by atoms with Crippen LogP contribution in [0.1, 0.15) is 12.5 Å². The van der Waals surface area contributed by atoms with Gasteiger partial charge in [0, 0.05) is 5.56 Å². The standard InChI is InChI=1S/C11H13FO4/c1-6(11(14)15)5-7-8(13)3-4-9(16-2)10(7)12/h3-4,6,13H,5H2,1-2H3,(H,14,15). The molecule has 0 heterocycles. The minimum atomic E-state index is -1.04. The van der Waals surface area contributed by atoms with Gasteiger partial charge in [0.2, 0.25) is 0 Å². The molecule has 0 radical (unpaired) electrons. The zero-order valence-electron chi connectivity index (χ0n) is 9.03. The Morgan fingerprint density at radius 1 is 1.56 bits per heavy atom. The first-order chi connectivity index (χ1) is 7.47. The van der Waals surface area contributed by atoms with Crippen molar-refractivity contribution in [2.75, 3.05) is 7.11 Å². The summed E-state index contributed by atoms with van der Waals surface area (Å²) >= 11 is 0. The van der Waals surface area contributed by atoms with Crippen LogP contribution in [-0.4, -0.2) is 23.3 Å². The van der Waals surface area contributed by atoms with E-state index in [0.717, 1.165) is 0 Å².